The van der Waals surface area contributed by atoms with Crippen molar-refractivity contribution < 1.29 is 19.4 Å². The van der Waals surface area contributed by atoms with Crippen LogP contribution in [0, 0.1) is 0 Å². The van der Waals surface area contributed by atoms with Crippen molar-refractivity contribution in [2.75, 3.05) is 13.1 Å². The summed E-state index contributed by atoms with van der Waals surface area (Å²) in [7, 11) is 1.76. The van der Waals surface area contributed by atoms with Gasteiger partial charge in [0.05, 0.1) is 35.1 Å². The quantitative estimate of drug-likeness (QED) is 0.219. The highest BCUT2D eigenvalue weighted by Crippen LogP contribution is 2.32. The summed E-state index contributed by atoms with van der Waals surface area (Å²) in [5.41, 5.74) is 5.36. The molecule has 3 heterocycles. The Morgan fingerprint density at radius 3 is 2.30 bits per heavy atom. The van der Waals surface area contributed by atoms with Gasteiger partial charge in [-0.3, -0.25) is 9.13 Å². The number of carbonyl (C=O) groups is 1. The van der Waals surface area contributed by atoms with E-state index < -0.39 is 17.8 Å². The molecule has 1 saturated heterocycles. The second-order valence-corrected chi connectivity index (χ2v) is 13.2. The van der Waals surface area contributed by atoms with Crippen molar-refractivity contribution in [1.29, 1.82) is 0 Å². The van der Waals surface area contributed by atoms with Gasteiger partial charge in [-0.15, -0.1) is 0 Å². The molecule has 0 bridgehead atoms. The lowest BCUT2D eigenvalue weighted by atomic mass is 9.87. The molecule has 0 radical (unpaired) electrons. The van der Waals surface area contributed by atoms with Gasteiger partial charge in [0, 0.05) is 25.6 Å². The molecule has 1 aliphatic rings. The van der Waals surface area contributed by atoms with Crippen LogP contribution in [0.25, 0.3) is 16.7 Å². The maximum atomic E-state index is 13.9. The zero-order valence-corrected chi connectivity index (χ0v) is 27.4. The SMILES string of the molecule is Cn1c(=O)n(-c2ccc(OCc3ccccc3)nc2CCc2ccccc2)c2ccc(C3CCN(C(=O)OC(C)(C)C)CC3O)cc21. The van der Waals surface area contributed by atoms with Crippen LogP contribution in [0.3, 0.4) is 0 Å². The fraction of sp³-hybridized carbons (Fsp3) is 0.342. The van der Waals surface area contributed by atoms with Gasteiger partial charge in [0.2, 0.25) is 5.88 Å². The van der Waals surface area contributed by atoms with Gasteiger partial charge in [0.25, 0.3) is 0 Å². The molecule has 2 unspecified atom stereocenters. The number of benzene rings is 3. The highest BCUT2D eigenvalue weighted by atomic mass is 16.6. The minimum absolute atomic E-state index is 0.180. The third-order valence-corrected chi connectivity index (χ3v) is 8.63. The number of amides is 1. The van der Waals surface area contributed by atoms with E-state index >= 15 is 0 Å². The number of nitrogens with zero attached hydrogens (tertiary/aromatic N) is 4. The molecular weight excluding hydrogens is 592 g/mol. The molecule has 2 aromatic heterocycles. The molecule has 5 aromatic rings. The van der Waals surface area contributed by atoms with Crippen molar-refractivity contribution in [3.05, 3.63) is 124 Å². The topological polar surface area (TPSA) is 98.8 Å². The first-order valence-corrected chi connectivity index (χ1v) is 16.2. The second kappa shape index (κ2) is 13.5. The van der Waals surface area contributed by atoms with Crippen LogP contribution in [0.2, 0.25) is 0 Å². The smallest absolute Gasteiger partial charge is 0.410 e. The van der Waals surface area contributed by atoms with Gasteiger partial charge in [-0.2, -0.15) is 0 Å². The Labute approximate surface area is 275 Å². The van der Waals surface area contributed by atoms with E-state index in [2.05, 4.69) is 12.1 Å². The number of likely N-dealkylation sites (tertiary alicyclic amines) is 1. The molecule has 1 aliphatic heterocycles. The highest BCUT2D eigenvalue weighted by molar-refractivity contribution is 5.79. The summed E-state index contributed by atoms with van der Waals surface area (Å²) in [4.78, 5) is 32.9. The molecule has 47 heavy (non-hydrogen) atoms. The molecular formula is C38H42N4O5. The highest BCUT2D eigenvalue weighted by Gasteiger charge is 2.33. The number of aromatic nitrogens is 3. The minimum Gasteiger partial charge on any atom is -0.473 e. The molecule has 1 amide bonds. The average molecular weight is 635 g/mol. The first-order chi connectivity index (χ1) is 22.6. The van der Waals surface area contributed by atoms with Gasteiger partial charge in [-0.25, -0.2) is 14.6 Å². The third-order valence-electron chi connectivity index (χ3n) is 8.63. The maximum Gasteiger partial charge on any atom is 0.410 e. The van der Waals surface area contributed by atoms with Crippen molar-refractivity contribution in [1.82, 2.24) is 19.0 Å². The predicted molar refractivity (Wildman–Crippen MR) is 182 cm³/mol. The van der Waals surface area contributed by atoms with Gasteiger partial charge in [0.1, 0.15) is 12.2 Å². The Morgan fingerprint density at radius 2 is 1.62 bits per heavy atom. The number of fused-ring (bicyclic) bond motifs is 1. The fourth-order valence-electron chi connectivity index (χ4n) is 6.21. The zero-order valence-electron chi connectivity index (χ0n) is 27.4. The van der Waals surface area contributed by atoms with E-state index in [0.29, 0.717) is 37.6 Å². The van der Waals surface area contributed by atoms with Crippen molar-refractivity contribution in [2.45, 2.75) is 64.3 Å². The molecule has 6 rings (SSSR count). The lowest BCUT2D eigenvalue weighted by Gasteiger charge is -2.37. The number of aliphatic hydroxyl groups excluding tert-OH is 1. The number of imidazole rings is 1. The van der Waals surface area contributed by atoms with Crippen molar-refractivity contribution in [3.8, 4) is 11.6 Å². The number of hydrogen-bond acceptors (Lipinski definition) is 6. The zero-order chi connectivity index (χ0) is 33.1. The van der Waals surface area contributed by atoms with Crippen LogP contribution in [0.15, 0.2) is 95.8 Å². The number of hydrogen-bond donors (Lipinski definition) is 1. The number of ether oxygens (including phenoxy) is 2. The van der Waals surface area contributed by atoms with Crippen LogP contribution in [0.1, 0.15) is 55.5 Å². The average Bonchev–Trinajstić information content (AvgIpc) is 3.31. The van der Waals surface area contributed by atoms with E-state index in [1.807, 2.05) is 99.6 Å². The van der Waals surface area contributed by atoms with E-state index in [4.69, 9.17) is 14.5 Å². The molecule has 9 heteroatoms. The largest absolute Gasteiger partial charge is 0.473 e. The monoisotopic (exact) mass is 634 g/mol. The summed E-state index contributed by atoms with van der Waals surface area (Å²) < 4.78 is 14.9. The van der Waals surface area contributed by atoms with Gasteiger partial charge in [0.15, 0.2) is 0 Å². The molecule has 244 valence electrons. The standard InChI is InChI=1S/C38H42N4O5/c1-38(2,3)47-37(45)41-22-21-29(34(43)24-41)28-16-18-32-33(23-28)40(4)36(44)42(32)31-19-20-35(46-25-27-13-9-6-10-14-27)39-30(31)17-15-26-11-7-5-8-12-26/h5-14,16,18-20,23,29,34,43H,15,17,21-22,24-25H2,1-4H3. The molecule has 0 spiro atoms. The van der Waals surface area contributed by atoms with E-state index in [9.17, 15) is 14.7 Å². The van der Waals surface area contributed by atoms with Gasteiger partial charge >= 0.3 is 11.8 Å². The van der Waals surface area contributed by atoms with Crippen molar-refractivity contribution in [2.24, 2.45) is 7.05 Å². The number of β-amino-alcohol motifs (C(OH)–C–C–N with tert-alkyl or cyclic N) is 1. The van der Waals surface area contributed by atoms with Gasteiger partial charge in [-0.05, 0) is 74.9 Å². The summed E-state index contributed by atoms with van der Waals surface area (Å²) in [6.45, 7) is 6.55. The summed E-state index contributed by atoms with van der Waals surface area (Å²) in [6.07, 6.45) is 0.777. The Kier molecular flexibility index (Phi) is 9.18. The molecule has 2 atom stereocenters. The van der Waals surface area contributed by atoms with Crippen LogP contribution in [0.5, 0.6) is 5.88 Å². The normalized spacial score (nSPS) is 16.7. The second-order valence-electron chi connectivity index (χ2n) is 13.2. The molecule has 1 fully saturated rings. The summed E-state index contributed by atoms with van der Waals surface area (Å²) in [5.74, 6) is 0.323. The summed E-state index contributed by atoms with van der Waals surface area (Å²) >= 11 is 0. The number of aliphatic hydroxyl groups is 1. The van der Waals surface area contributed by atoms with Gasteiger partial charge in [-0.1, -0.05) is 66.7 Å². The van der Waals surface area contributed by atoms with Gasteiger partial charge < -0.3 is 19.5 Å². The first-order valence-electron chi connectivity index (χ1n) is 16.2. The van der Waals surface area contributed by atoms with E-state index in [1.165, 1.54) is 5.56 Å². The first kappa shape index (κ1) is 32.1. The fourth-order valence-corrected chi connectivity index (χ4v) is 6.21. The Balaban J connectivity index is 1.30. The number of piperidine rings is 1. The summed E-state index contributed by atoms with van der Waals surface area (Å²) in [6, 6.07) is 29.8. The van der Waals surface area contributed by atoms with Crippen LogP contribution >= 0.6 is 0 Å². The van der Waals surface area contributed by atoms with Crippen molar-refractivity contribution >= 4 is 17.1 Å². The molecule has 1 N–H and O–H groups in total. The van der Waals surface area contributed by atoms with Crippen LogP contribution in [0.4, 0.5) is 4.79 Å². The van der Waals surface area contributed by atoms with E-state index in [0.717, 1.165) is 34.3 Å². The summed E-state index contributed by atoms with van der Waals surface area (Å²) in [5, 5.41) is 11.1. The minimum atomic E-state index is -0.759. The lowest BCUT2D eigenvalue weighted by Crippen LogP contribution is -2.47. The van der Waals surface area contributed by atoms with E-state index in [-0.39, 0.29) is 18.2 Å². The number of aryl methyl sites for hydroxylation is 3. The Morgan fingerprint density at radius 1 is 0.915 bits per heavy atom. The number of rotatable bonds is 8. The van der Waals surface area contributed by atoms with Crippen LogP contribution in [-0.4, -0.2) is 55.0 Å². The molecule has 9 nitrogen and oxygen atoms in total. The lowest BCUT2D eigenvalue weighted by molar-refractivity contribution is -0.00151. The van der Waals surface area contributed by atoms with Crippen LogP contribution < -0.4 is 10.4 Å². The number of pyridine rings is 1. The maximum absolute atomic E-state index is 13.9. The van der Waals surface area contributed by atoms with E-state index in [1.54, 1.807) is 21.1 Å². The van der Waals surface area contributed by atoms with Crippen LogP contribution in [-0.2, 0) is 31.2 Å². The molecule has 0 aliphatic carbocycles. The Bertz CT molecular complexity index is 1910. The van der Waals surface area contributed by atoms with Crippen molar-refractivity contribution in [3.63, 3.8) is 0 Å². The molecule has 3 aromatic carbocycles. The molecule has 0 saturated carbocycles. The number of carbonyl (C=O) groups excluding carboxylic acids is 1. The Hall–Kier alpha value is -4.89. The predicted octanol–water partition coefficient (Wildman–Crippen LogP) is 6.17. The third kappa shape index (κ3) is 7.25.